The standard InChI is InChI=1S/C10H13N3O3S/c1-17-5-3-8(10(15)16)13-9(14)7-2-4-11-12-6-7/h2,4,6,8H,3,5H2,1H3,(H,13,14)(H,15,16)/t8-/m1/s1. The van der Waals surface area contributed by atoms with Crippen molar-refractivity contribution < 1.29 is 14.7 Å². The summed E-state index contributed by atoms with van der Waals surface area (Å²) in [6.07, 6.45) is 4.95. The molecular weight excluding hydrogens is 242 g/mol. The summed E-state index contributed by atoms with van der Waals surface area (Å²) in [5, 5.41) is 18.5. The van der Waals surface area contributed by atoms with Gasteiger partial charge >= 0.3 is 5.97 Å². The third-order valence-electron chi connectivity index (χ3n) is 2.06. The van der Waals surface area contributed by atoms with E-state index in [-0.39, 0.29) is 0 Å². The second kappa shape index (κ2) is 6.85. The van der Waals surface area contributed by atoms with E-state index in [1.54, 1.807) is 0 Å². The van der Waals surface area contributed by atoms with Gasteiger partial charge in [0.2, 0.25) is 0 Å². The highest BCUT2D eigenvalue weighted by molar-refractivity contribution is 7.98. The summed E-state index contributed by atoms with van der Waals surface area (Å²) < 4.78 is 0. The fraction of sp³-hybridized carbons (Fsp3) is 0.400. The van der Waals surface area contributed by atoms with E-state index in [0.717, 1.165) is 0 Å². The zero-order valence-corrected chi connectivity index (χ0v) is 10.1. The normalized spacial score (nSPS) is 11.8. The number of rotatable bonds is 6. The van der Waals surface area contributed by atoms with Crippen LogP contribution in [0.1, 0.15) is 16.8 Å². The first-order chi connectivity index (χ1) is 8.15. The van der Waals surface area contributed by atoms with Gasteiger partial charge in [-0.05, 0) is 24.5 Å². The summed E-state index contributed by atoms with van der Waals surface area (Å²) in [5.74, 6) is -0.811. The van der Waals surface area contributed by atoms with Crippen LogP contribution in [0.2, 0.25) is 0 Å². The molecule has 0 fully saturated rings. The third kappa shape index (κ3) is 4.39. The maximum atomic E-state index is 11.7. The topological polar surface area (TPSA) is 92.2 Å². The van der Waals surface area contributed by atoms with Crippen molar-refractivity contribution in [2.75, 3.05) is 12.0 Å². The lowest BCUT2D eigenvalue weighted by Crippen LogP contribution is -2.41. The molecule has 1 rings (SSSR count). The molecule has 0 saturated heterocycles. The monoisotopic (exact) mass is 255 g/mol. The van der Waals surface area contributed by atoms with Gasteiger partial charge in [0, 0.05) is 0 Å². The van der Waals surface area contributed by atoms with Gasteiger partial charge in [0.25, 0.3) is 5.91 Å². The van der Waals surface area contributed by atoms with E-state index in [1.165, 1.54) is 30.2 Å². The Kier molecular flexibility index (Phi) is 5.41. The number of aliphatic carboxylic acids is 1. The van der Waals surface area contributed by atoms with Gasteiger partial charge < -0.3 is 10.4 Å². The fourth-order valence-electron chi connectivity index (χ4n) is 1.16. The molecule has 0 radical (unpaired) electrons. The fourth-order valence-corrected chi connectivity index (χ4v) is 1.63. The Morgan fingerprint density at radius 2 is 2.29 bits per heavy atom. The minimum Gasteiger partial charge on any atom is -0.480 e. The van der Waals surface area contributed by atoms with E-state index in [0.29, 0.717) is 17.7 Å². The van der Waals surface area contributed by atoms with Crippen molar-refractivity contribution in [1.82, 2.24) is 15.5 Å². The molecule has 1 aromatic heterocycles. The van der Waals surface area contributed by atoms with E-state index in [1.807, 2.05) is 6.26 Å². The van der Waals surface area contributed by atoms with E-state index in [4.69, 9.17) is 5.11 Å². The first-order valence-corrected chi connectivity index (χ1v) is 6.34. The highest BCUT2D eigenvalue weighted by Gasteiger charge is 2.20. The quantitative estimate of drug-likeness (QED) is 0.765. The van der Waals surface area contributed by atoms with Gasteiger partial charge in [0.15, 0.2) is 0 Å². The lowest BCUT2D eigenvalue weighted by Gasteiger charge is -2.13. The summed E-state index contributed by atoms with van der Waals surface area (Å²) in [7, 11) is 0. The van der Waals surface area contributed by atoms with Crippen molar-refractivity contribution in [2.24, 2.45) is 0 Å². The second-order valence-electron chi connectivity index (χ2n) is 3.28. The lowest BCUT2D eigenvalue weighted by molar-refractivity contribution is -0.139. The van der Waals surface area contributed by atoms with Crippen molar-refractivity contribution in [2.45, 2.75) is 12.5 Å². The van der Waals surface area contributed by atoms with E-state index < -0.39 is 17.9 Å². The van der Waals surface area contributed by atoms with Gasteiger partial charge in [-0.1, -0.05) is 0 Å². The molecule has 17 heavy (non-hydrogen) atoms. The summed E-state index contributed by atoms with van der Waals surface area (Å²) in [4.78, 5) is 22.6. The van der Waals surface area contributed by atoms with Gasteiger partial charge in [-0.25, -0.2) is 4.79 Å². The number of hydrogen-bond donors (Lipinski definition) is 2. The molecule has 0 aliphatic carbocycles. The van der Waals surface area contributed by atoms with Gasteiger partial charge in [-0.2, -0.15) is 22.0 Å². The Hall–Kier alpha value is -1.63. The second-order valence-corrected chi connectivity index (χ2v) is 4.26. The zero-order chi connectivity index (χ0) is 12.7. The van der Waals surface area contributed by atoms with E-state index in [2.05, 4.69) is 15.5 Å². The molecule has 1 amide bonds. The van der Waals surface area contributed by atoms with Crippen LogP contribution in [0.15, 0.2) is 18.5 Å². The molecular formula is C10H13N3O3S. The van der Waals surface area contributed by atoms with Crippen LogP contribution in [0.25, 0.3) is 0 Å². The van der Waals surface area contributed by atoms with Crippen molar-refractivity contribution in [3.8, 4) is 0 Å². The molecule has 7 heteroatoms. The van der Waals surface area contributed by atoms with Gasteiger partial charge in [0.1, 0.15) is 6.04 Å². The Bertz CT molecular complexity index is 386. The average molecular weight is 255 g/mol. The minimum atomic E-state index is -1.03. The van der Waals surface area contributed by atoms with E-state index in [9.17, 15) is 9.59 Å². The van der Waals surface area contributed by atoms with Crippen LogP contribution in [-0.4, -0.2) is 45.2 Å². The molecule has 0 saturated carbocycles. The van der Waals surface area contributed by atoms with Crippen LogP contribution in [0.5, 0.6) is 0 Å². The maximum Gasteiger partial charge on any atom is 0.326 e. The number of nitrogens with zero attached hydrogens (tertiary/aromatic N) is 2. The SMILES string of the molecule is CSCC[C@@H](NC(=O)c1ccnnc1)C(=O)O. The molecule has 0 bridgehead atoms. The number of carbonyl (C=O) groups excluding carboxylic acids is 1. The number of thioether (sulfide) groups is 1. The van der Waals surface area contributed by atoms with Crippen molar-refractivity contribution >= 4 is 23.6 Å². The predicted molar refractivity (Wildman–Crippen MR) is 63.9 cm³/mol. The van der Waals surface area contributed by atoms with Crippen molar-refractivity contribution in [1.29, 1.82) is 0 Å². The minimum absolute atomic E-state index is 0.301. The van der Waals surface area contributed by atoms with Gasteiger partial charge in [0.05, 0.1) is 18.0 Å². The number of carboxylic acid groups (broad SMARTS) is 1. The Labute approximate surface area is 103 Å². The maximum absolute atomic E-state index is 11.7. The van der Waals surface area contributed by atoms with Crippen LogP contribution in [0.4, 0.5) is 0 Å². The molecule has 92 valence electrons. The molecule has 0 aliphatic rings. The Morgan fingerprint density at radius 3 is 2.82 bits per heavy atom. The van der Waals surface area contributed by atoms with Crippen LogP contribution in [-0.2, 0) is 4.79 Å². The van der Waals surface area contributed by atoms with Crippen molar-refractivity contribution in [3.05, 3.63) is 24.0 Å². The summed E-state index contributed by atoms with van der Waals surface area (Å²) in [6.45, 7) is 0. The first-order valence-electron chi connectivity index (χ1n) is 4.94. The molecule has 1 heterocycles. The summed E-state index contributed by atoms with van der Waals surface area (Å²) >= 11 is 1.53. The Balaban J connectivity index is 2.61. The molecule has 6 nitrogen and oxygen atoms in total. The van der Waals surface area contributed by atoms with Crippen LogP contribution >= 0.6 is 11.8 Å². The van der Waals surface area contributed by atoms with Crippen LogP contribution in [0, 0.1) is 0 Å². The number of aromatic nitrogens is 2. The van der Waals surface area contributed by atoms with Crippen molar-refractivity contribution in [3.63, 3.8) is 0 Å². The molecule has 1 atom stereocenters. The number of carbonyl (C=O) groups is 2. The van der Waals surface area contributed by atoms with Gasteiger partial charge in [-0.3, -0.25) is 4.79 Å². The number of amides is 1. The molecule has 0 unspecified atom stereocenters. The molecule has 2 N–H and O–H groups in total. The molecule has 0 spiro atoms. The molecule has 1 aromatic rings. The predicted octanol–water partition coefficient (Wildman–Crippen LogP) is 0.413. The lowest BCUT2D eigenvalue weighted by atomic mass is 10.2. The average Bonchev–Trinajstić information content (AvgIpc) is 2.35. The highest BCUT2D eigenvalue weighted by Crippen LogP contribution is 2.03. The van der Waals surface area contributed by atoms with Gasteiger partial charge in [-0.15, -0.1) is 0 Å². The van der Waals surface area contributed by atoms with E-state index >= 15 is 0 Å². The van der Waals surface area contributed by atoms with Crippen LogP contribution in [0.3, 0.4) is 0 Å². The number of nitrogens with one attached hydrogen (secondary N) is 1. The number of carboxylic acids is 1. The number of hydrogen-bond acceptors (Lipinski definition) is 5. The Morgan fingerprint density at radius 1 is 1.53 bits per heavy atom. The third-order valence-corrected chi connectivity index (χ3v) is 2.70. The largest absolute Gasteiger partial charge is 0.480 e. The molecule has 0 aliphatic heterocycles. The smallest absolute Gasteiger partial charge is 0.326 e. The summed E-state index contributed by atoms with van der Waals surface area (Å²) in [5.41, 5.74) is 0.301. The molecule has 0 aromatic carbocycles. The first kappa shape index (κ1) is 13.4. The summed E-state index contributed by atoms with van der Waals surface area (Å²) in [6, 6.07) is 0.610. The highest BCUT2D eigenvalue weighted by atomic mass is 32.2. The zero-order valence-electron chi connectivity index (χ0n) is 9.29. The van der Waals surface area contributed by atoms with Crippen LogP contribution < -0.4 is 5.32 Å².